The zero-order chi connectivity index (χ0) is 26.2. The molecule has 0 saturated heterocycles. The third-order valence-electron chi connectivity index (χ3n) is 8.02. The van der Waals surface area contributed by atoms with Gasteiger partial charge in [0.25, 0.3) is 0 Å². The van der Waals surface area contributed by atoms with Crippen LogP contribution in [-0.4, -0.2) is 38.0 Å². The Hall–Kier alpha value is -4.32. The fourth-order valence-corrected chi connectivity index (χ4v) is 5.94. The van der Waals surface area contributed by atoms with E-state index in [2.05, 4.69) is 71.4 Å². The summed E-state index contributed by atoms with van der Waals surface area (Å²) in [6.45, 7) is 1.87. The number of esters is 1. The van der Waals surface area contributed by atoms with E-state index in [0.717, 1.165) is 29.8 Å². The highest BCUT2D eigenvalue weighted by Gasteiger charge is 2.37. The topological polar surface area (TPSA) is 82.6 Å². The van der Waals surface area contributed by atoms with Crippen LogP contribution in [0.1, 0.15) is 34.6 Å². The van der Waals surface area contributed by atoms with Crippen molar-refractivity contribution in [3.8, 4) is 0 Å². The highest BCUT2D eigenvalue weighted by atomic mass is 16.5. The number of carbonyl (C=O) groups is 1. The summed E-state index contributed by atoms with van der Waals surface area (Å²) in [5.41, 5.74) is 12.1. The summed E-state index contributed by atoms with van der Waals surface area (Å²) in [5.74, 6) is -0.00180. The number of benzene rings is 4. The molecule has 0 fully saturated rings. The highest BCUT2D eigenvalue weighted by Crippen LogP contribution is 2.37. The first-order valence-electron chi connectivity index (χ1n) is 13.2. The molecule has 0 saturated carbocycles. The average Bonchev–Trinajstić information content (AvgIpc) is 3.30. The number of ether oxygens (including phenoxy) is 1. The van der Waals surface area contributed by atoms with E-state index in [1.54, 1.807) is 0 Å². The number of para-hydroxylation sites is 1. The number of hydrogen-bond donors (Lipinski definition) is 2. The summed E-state index contributed by atoms with van der Waals surface area (Å²) in [6.07, 6.45) is 1.52. The fourth-order valence-electron chi connectivity index (χ4n) is 5.94. The molecule has 0 radical (unpaired) electrons. The molecule has 2 heterocycles. The molecule has 0 spiro atoms. The maximum Gasteiger partial charge on any atom is 0.329 e. The van der Waals surface area contributed by atoms with E-state index < -0.39 is 6.04 Å². The fraction of sp³-hybridized carbons (Fsp3) is 0.250. The molecule has 4 aromatic rings. The van der Waals surface area contributed by atoms with Crippen LogP contribution in [0.2, 0.25) is 0 Å². The van der Waals surface area contributed by atoms with Crippen molar-refractivity contribution in [1.82, 2.24) is 0 Å². The third-order valence-corrected chi connectivity index (χ3v) is 8.02. The van der Waals surface area contributed by atoms with Gasteiger partial charge in [-0.15, -0.1) is 0 Å². The minimum Gasteiger partial charge on any atom is -0.463 e. The second kappa shape index (κ2) is 9.86. The lowest BCUT2D eigenvalue weighted by molar-refractivity contribution is -0.145. The Kier molecular flexibility index (Phi) is 6.24. The van der Waals surface area contributed by atoms with Gasteiger partial charge in [0.1, 0.15) is 11.9 Å². The Morgan fingerprint density at radius 1 is 1.00 bits per heavy atom. The molecule has 2 aliphatic heterocycles. The van der Waals surface area contributed by atoms with Gasteiger partial charge in [0.2, 0.25) is 0 Å². The highest BCUT2D eigenvalue weighted by molar-refractivity contribution is 5.97. The number of nitrogens with one attached hydrogen (secondary N) is 1. The number of hydrogen-bond acceptors (Lipinski definition) is 5. The SMILES string of the molecule is CN1CC[C@H](COC(=O)C2Cc3ccc(C(=N)N)cc3N2Cc2cccc3ccccc23)c2ccccc21. The van der Waals surface area contributed by atoms with Gasteiger partial charge in [0, 0.05) is 49.4 Å². The van der Waals surface area contributed by atoms with Crippen molar-refractivity contribution in [3.05, 3.63) is 107 Å². The van der Waals surface area contributed by atoms with Gasteiger partial charge in [-0.25, -0.2) is 4.79 Å². The monoisotopic (exact) mass is 504 g/mol. The number of fused-ring (bicyclic) bond motifs is 3. The summed E-state index contributed by atoms with van der Waals surface area (Å²) in [6, 6.07) is 28.3. The van der Waals surface area contributed by atoms with Crippen molar-refractivity contribution in [1.29, 1.82) is 5.41 Å². The first-order chi connectivity index (χ1) is 18.5. The first kappa shape index (κ1) is 24.0. The van der Waals surface area contributed by atoms with Crippen molar-refractivity contribution in [2.24, 2.45) is 5.73 Å². The molecule has 2 atom stereocenters. The molecular weight excluding hydrogens is 472 g/mol. The van der Waals surface area contributed by atoms with E-state index in [1.807, 2.05) is 30.3 Å². The number of anilines is 2. The number of rotatable bonds is 6. The van der Waals surface area contributed by atoms with Crippen LogP contribution in [0.4, 0.5) is 11.4 Å². The Morgan fingerprint density at radius 2 is 1.79 bits per heavy atom. The lowest BCUT2D eigenvalue weighted by Gasteiger charge is -2.33. The molecule has 6 rings (SSSR count). The molecule has 0 aromatic heterocycles. The summed E-state index contributed by atoms with van der Waals surface area (Å²) < 4.78 is 6.06. The van der Waals surface area contributed by atoms with Crippen molar-refractivity contribution >= 4 is 34.0 Å². The van der Waals surface area contributed by atoms with Crippen LogP contribution in [0, 0.1) is 5.41 Å². The van der Waals surface area contributed by atoms with Crippen molar-refractivity contribution in [3.63, 3.8) is 0 Å². The number of nitrogens with zero attached hydrogens (tertiary/aromatic N) is 2. The van der Waals surface area contributed by atoms with Gasteiger partial charge >= 0.3 is 5.97 Å². The third kappa shape index (κ3) is 4.36. The Labute approximate surface area is 223 Å². The number of nitrogens with two attached hydrogens (primary N) is 1. The summed E-state index contributed by atoms with van der Waals surface area (Å²) in [7, 11) is 2.11. The number of carbonyl (C=O) groups excluding carboxylic acids is 1. The van der Waals surface area contributed by atoms with Gasteiger partial charge in [-0.1, -0.05) is 72.8 Å². The van der Waals surface area contributed by atoms with Gasteiger partial charge in [0.15, 0.2) is 0 Å². The largest absolute Gasteiger partial charge is 0.463 e. The summed E-state index contributed by atoms with van der Waals surface area (Å²) >= 11 is 0. The molecule has 2 aliphatic rings. The van der Waals surface area contributed by atoms with Crippen LogP contribution < -0.4 is 15.5 Å². The van der Waals surface area contributed by atoms with Gasteiger partial charge in [0.05, 0.1) is 6.61 Å². The van der Waals surface area contributed by atoms with E-state index in [-0.39, 0.29) is 17.7 Å². The van der Waals surface area contributed by atoms with Crippen molar-refractivity contribution in [2.45, 2.75) is 31.3 Å². The smallest absolute Gasteiger partial charge is 0.329 e. The zero-order valence-electron chi connectivity index (χ0n) is 21.6. The van der Waals surface area contributed by atoms with Crippen LogP contribution in [0.15, 0.2) is 84.9 Å². The maximum atomic E-state index is 13.7. The van der Waals surface area contributed by atoms with Gasteiger partial charge < -0.3 is 20.3 Å². The minimum absolute atomic E-state index is 0.0184. The lowest BCUT2D eigenvalue weighted by atomic mass is 9.91. The Bertz CT molecular complexity index is 1530. The predicted octanol–water partition coefficient (Wildman–Crippen LogP) is 5.22. The molecule has 0 amide bonds. The van der Waals surface area contributed by atoms with E-state index in [4.69, 9.17) is 15.9 Å². The zero-order valence-corrected chi connectivity index (χ0v) is 21.6. The van der Waals surface area contributed by atoms with Crippen LogP contribution in [0.5, 0.6) is 0 Å². The van der Waals surface area contributed by atoms with E-state index >= 15 is 0 Å². The second-order valence-electron chi connectivity index (χ2n) is 10.3. The van der Waals surface area contributed by atoms with Crippen LogP contribution >= 0.6 is 0 Å². The molecule has 1 unspecified atom stereocenters. The predicted molar refractivity (Wildman–Crippen MR) is 153 cm³/mol. The second-order valence-corrected chi connectivity index (χ2v) is 10.3. The van der Waals surface area contributed by atoms with Crippen LogP contribution in [0.3, 0.4) is 0 Å². The van der Waals surface area contributed by atoms with Gasteiger partial charge in [-0.2, -0.15) is 0 Å². The molecule has 0 bridgehead atoms. The van der Waals surface area contributed by atoms with E-state index in [1.165, 1.54) is 22.0 Å². The molecule has 0 aliphatic carbocycles. The van der Waals surface area contributed by atoms with Gasteiger partial charge in [-0.3, -0.25) is 5.41 Å². The summed E-state index contributed by atoms with van der Waals surface area (Å²) in [4.78, 5) is 18.1. The van der Waals surface area contributed by atoms with E-state index in [9.17, 15) is 4.79 Å². The molecule has 6 heteroatoms. The number of nitrogen functional groups attached to an aromatic ring is 1. The lowest BCUT2D eigenvalue weighted by Crippen LogP contribution is -2.40. The minimum atomic E-state index is -0.437. The maximum absolute atomic E-state index is 13.7. The molecule has 4 aromatic carbocycles. The normalized spacial score (nSPS) is 18.2. The molecule has 192 valence electrons. The van der Waals surface area contributed by atoms with Gasteiger partial charge in [-0.05, 0) is 46.0 Å². The van der Waals surface area contributed by atoms with E-state index in [0.29, 0.717) is 25.1 Å². The van der Waals surface area contributed by atoms with Crippen molar-refractivity contribution < 1.29 is 9.53 Å². The van der Waals surface area contributed by atoms with Crippen molar-refractivity contribution in [2.75, 3.05) is 30.0 Å². The molecule has 3 N–H and O–H groups in total. The number of amidine groups is 1. The molecular formula is C32H32N4O2. The summed E-state index contributed by atoms with van der Waals surface area (Å²) in [5, 5.41) is 10.3. The van der Waals surface area contributed by atoms with Crippen LogP contribution in [-0.2, 0) is 22.5 Å². The quantitative estimate of drug-likeness (QED) is 0.214. The average molecular weight is 505 g/mol. The Morgan fingerprint density at radius 3 is 2.66 bits per heavy atom. The van der Waals surface area contributed by atoms with Crippen LogP contribution in [0.25, 0.3) is 10.8 Å². The molecule has 6 nitrogen and oxygen atoms in total. The first-order valence-corrected chi connectivity index (χ1v) is 13.2. The standard InChI is InChI=1S/C32H32N4O2/c1-35-16-15-25(27-11-4-5-12-28(27)35)20-38-32(37)30-17-22-13-14-23(31(33)34)18-29(22)36(30)19-24-9-6-8-21-7-2-3-10-26(21)24/h2-14,18,25,30H,15-17,19-20H2,1H3,(H3,33,34)/t25-,30?/m1/s1. The molecule has 38 heavy (non-hydrogen) atoms. The Balaban J connectivity index is 1.28.